The molecule has 138 valence electrons. The molecule has 1 fully saturated rings. The monoisotopic (exact) mass is 354 g/mol. The van der Waals surface area contributed by atoms with Crippen molar-refractivity contribution in [2.45, 2.75) is 52.1 Å². The first-order valence-corrected chi connectivity index (χ1v) is 9.10. The Kier molecular flexibility index (Phi) is 5.40. The van der Waals surface area contributed by atoms with E-state index in [9.17, 15) is 9.59 Å². The van der Waals surface area contributed by atoms with Crippen LogP contribution in [0.4, 0.5) is 0 Å². The van der Waals surface area contributed by atoms with Crippen LogP contribution in [0.2, 0.25) is 0 Å². The lowest BCUT2D eigenvalue weighted by atomic mass is 10.00. The van der Waals surface area contributed by atoms with Crippen molar-refractivity contribution in [2.24, 2.45) is 0 Å². The predicted molar refractivity (Wildman–Crippen MR) is 99.4 cm³/mol. The number of nitrogens with zero attached hydrogens (tertiary/aromatic N) is 2. The van der Waals surface area contributed by atoms with Crippen LogP contribution in [0, 0.1) is 13.8 Å². The van der Waals surface area contributed by atoms with E-state index in [1.165, 1.54) is 6.92 Å². The minimum absolute atomic E-state index is 0.0648. The zero-order valence-corrected chi connectivity index (χ0v) is 15.6. The summed E-state index contributed by atoms with van der Waals surface area (Å²) in [6.07, 6.45) is 2.19. The molecule has 0 radical (unpaired) electrons. The number of benzene rings is 1. The SMILES string of the molecule is CC(=O)NC(CC(=O)N1CCCC1c1c(C)n[nH]c1C)c1ccccc1. The lowest BCUT2D eigenvalue weighted by Gasteiger charge is -2.27. The molecule has 26 heavy (non-hydrogen) atoms. The molecule has 0 aliphatic carbocycles. The fraction of sp³-hybridized carbons (Fsp3) is 0.450. The molecule has 1 aliphatic heterocycles. The van der Waals surface area contributed by atoms with Crippen LogP contribution in [0.15, 0.2) is 30.3 Å². The van der Waals surface area contributed by atoms with Gasteiger partial charge in [0.1, 0.15) is 0 Å². The van der Waals surface area contributed by atoms with E-state index >= 15 is 0 Å². The Bertz CT molecular complexity index is 765. The Balaban J connectivity index is 1.79. The van der Waals surface area contributed by atoms with Crippen molar-refractivity contribution in [2.75, 3.05) is 6.54 Å². The van der Waals surface area contributed by atoms with E-state index in [-0.39, 0.29) is 30.3 Å². The van der Waals surface area contributed by atoms with Crippen LogP contribution in [0.5, 0.6) is 0 Å². The van der Waals surface area contributed by atoms with Crippen LogP contribution in [0.3, 0.4) is 0 Å². The molecule has 6 nitrogen and oxygen atoms in total. The van der Waals surface area contributed by atoms with E-state index < -0.39 is 0 Å². The highest BCUT2D eigenvalue weighted by molar-refractivity contribution is 5.80. The zero-order chi connectivity index (χ0) is 18.7. The minimum Gasteiger partial charge on any atom is -0.349 e. The number of likely N-dealkylation sites (tertiary alicyclic amines) is 1. The second-order valence-electron chi connectivity index (χ2n) is 6.96. The van der Waals surface area contributed by atoms with Crippen molar-refractivity contribution < 1.29 is 9.59 Å². The Morgan fingerprint density at radius 1 is 1.31 bits per heavy atom. The zero-order valence-electron chi connectivity index (χ0n) is 15.6. The van der Waals surface area contributed by atoms with E-state index in [1.54, 1.807) is 0 Å². The summed E-state index contributed by atoms with van der Waals surface area (Å²) in [6.45, 7) is 6.21. The molecule has 1 aromatic carbocycles. The van der Waals surface area contributed by atoms with Crippen molar-refractivity contribution in [3.63, 3.8) is 0 Å². The highest BCUT2D eigenvalue weighted by atomic mass is 16.2. The van der Waals surface area contributed by atoms with Gasteiger partial charge in [-0.25, -0.2) is 0 Å². The first kappa shape index (κ1) is 18.2. The molecule has 1 aromatic heterocycles. The summed E-state index contributed by atoms with van der Waals surface area (Å²) in [5.41, 5.74) is 4.05. The molecule has 6 heteroatoms. The number of aryl methyl sites for hydroxylation is 2. The van der Waals surface area contributed by atoms with Gasteiger partial charge >= 0.3 is 0 Å². The number of rotatable bonds is 5. The minimum atomic E-state index is -0.311. The van der Waals surface area contributed by atoms with E-state index in [2.05, 4.69) is 15.5 Å². The third-order valence-electron chi connectivity index (χ3n) is 5.05. The molecule has 2 unspecified atom stereocenters. The summed E-state index contributed by atoms with van der Waals surface area (Å²) < 4.78 is 0. The Morgan fingerprint density at radius 2 is 2.04 bits per heavy atom. The molecule has 1 saturated heterocycles. The summed E-state index contributed by atoms with van der Waals surface area (Å²) in [5.74, 6) is -0.0683. The van der Waals surface area contributed by atoms with Crippen molar-refractivity contribution in [3.05, 3.63) is 52.8 Å². The summed E-state index contributed by atoms with van der Waals surface area (Å²) in [5, 5.41) is 10.2. The Hall–Kier alpha value is -2.63. The number of hydrogen-bond acceptors (Lipinski definition) is 3. The van der Waals surface area contributed by atoms with Crippen LogP contribution in [0.1, 0.15) is 60.8 Å². The fourth-order valence-electron chi connectivity index (χ4n) is 3.89. The Labute approximate surface area is 154 Å². The second-order valence-corrected chi connectivity index (χ2v) is 6.96. The van der Waals surface area contributed by atoms with Crippen LogP contribution < -0.4 is 5.32 Å². The van der Waals surface area contributed by atoms with Crippen molar-refractivity contribution in [1.29, 1.82) is 0 Å². The molecule has 3 rings (SSSR count). The van der Waals surface area contributed by atoms with E-state index in [4.69, 9.17) is 0 Å². The number of aromatic amines is 1. The van der Waals surface area contributed by atoms with Gasteiger partial charge in [0, 0.05) is 24.7 Å². The smallest absolute Gasteiger partial charge is 0.225 e. The average molecular weight is 354 g/mol. The largest absolute Gasteiger partial charge is 0.349 e. The van der Waals surface area contributed by atoms with Crippen LogP contribution >= 0.6 is 0 Å². The average Bonchev–Trinajstić information content (AvgIpc) is 3.21. The van der Waals surface area contributed by atoms with Gasteiger partial charge in [-0.2, -0.15) is 5.10 Å². The van der Waals surface area contributed by atoms with Gasteiger partial charge in [0.25, 0.3) is 0 Å². The number of carbonyl (C=O) groups is 2. The Morgan fingerprint density at radius 3 is 2.65 bits per heavy atom. The fourth-order valence-corrected chi connectivity index (χ4v) is 3.89. The van der Waals surface area contributed by atoms with Crippen LogP contribution in [0.25, 0.3) is 0 Å². The topological polar surface area (TPSA) is 78.1 Å². The molecular weight excluding hydrogens is 328 g/mol. The van der Waals surface area contributed by atoms with Crippen LogP contribution in [-0.2, 0) is 9.59 Å². The van der Waals surface area contributed by atoms with Gasteiger partial charge in [-0.1, -0.05) is 30.3 Å². The lowest BCUT2D eigenvalue weighted by Crippen LogP contribution is -2.35. The molecule has 2 aromatic rings. The third-order valence-corrected chi connectivity index (χ3v) is 5.05. The summed E-state index contributed by atoms with van der Waals surface area (Å²) in [7, 11) is 0. The summed E-state index contributed by atoms with van der Waals surface area (Å²) in [4.78, 5) is 26.7. The maximum atomic E-state index is 13.1. The van der Waals surface area contributed by atoms with Gasteiger partial charge < -0.3 is 10.2 Å². The van der Waals surface area contributed by atoms with Gasteiger partial charge in [-0.15, -0.1) is 0 Å². The highest BCUT2D eigenvalue weighted by Crippen LogP contribution is 2.36. The maximum absolute atomic E-state index is 13.1. The molecular formula is C20H26N4O2. The van der Waals surface area contributed by atoms with E-state index in [1.807, 2.05) is 49.1 Å². The standard InChI is InChI=1S/C20H26N4O2/c1-13-20(14(2)23-22-13)18-10-7-11-24(18)19(26)12-17(21-15(3)25)16-8-5-4-6-9-16/h4-6,8-9,17-18H,7,10-12H2,1-3H3,(H,21,25)(H,22,23). The summed E-state index contributed by atoms with van der Waals surface area (Å²) in [6, 6.07) is 9.41. The molecule has 1 aliphatic rings. The van der Waals surface area contributed by atoms with Gasteiger partial charge in [-0.3, -0.25) is 14.7 Å². The number of hydrogen-bond donors (Lipinski definition) is 2. The molecule has 2 heterocycles. The van der Waals surface area contributed by atoms with Gasteiger partial charge in [0.15, 0.2) is 0 Å². The molecule has 2 N–H and O–H groups in total. The molecule has 0 saturated carbocycles. The van der Waals surface area contributed by atoms with Crippen molar-refractivity contribution in [1.82, 2.24) is 20.4 Å². The van der Waals surface area contributed by atoms with Gasteiger partial charge in [-0.05, 0) is 32.3 Å². The predicted octanol–water partition coefficient (Wildman–Crippen LogP) is 2.96. The van der Waals surface area contributed by atoms with E-state index in [0.717, 1.165) is 41.9 Å². The number of amides is 2. The molecule has 2 atom stereocenters. The number of nitrogens with one attached hydrogen (secondary N) is 2. The molecule has 0 bridgehead atoms. The third kappa shape index (κ3) is 3.79. The van der Waals surface area contributed by atoms with Crippen molar-refractivity contribution >= 4 is 11.8 Å². The van der Waals surface area contributed by atoms with Gasteiger partial charge in [0.2, 0.25) is 11.8 Å². The number of aromatic nitrogens is 2. The normalized spacial score (nSPS) is 18.0. The molecule has 2 amide bonds. The quantitative estimate of drug-likeness (QED) is 0.866. The number of H-pyrrole nitrogens is 1. The highest BCUT2D eigenvalue weighted by Gasteiger charge is 2.34. The van der Waals surface area contributed by atoms with Crippen molar-refractivity contribution in [3.8, 4) is 0 Å². The first-order chi connectivity index (χ1) is 12.5. The lowest BCUT2D eigenvalue weighted by molar-refractivity contribution is -0.133. The van der Waals surface area contributed by atoms with Gasteiger partial charge in [0.05, 0.1) is 24.2 Å². The second kappa shape index (κ2) is 7.72. The number of carbonyl (C=O) groups excluding carboxylic acids is 2. The first-order valence-electron chi connectivity index (χ1n) is 9.10. The molecule has 0 spiro atoms. The van der Waals surface area contributed by atoms with Crippen LogP contribution in [-0.4, -0.2) is 33.5 Å². The van der Waals surface area contributed by atoms with E-state index in [0.29, 0.717) is 0 Å². The maximum Gasteiger partial charge on any atom is 0.225 e. The summed E-state index contributed by atoms with van der Waals surface area (Å²) >= 11 is 0.